The van der Waals surface area contributed by atoms with Crippen molar-refractivity contribution in [1.82, 2.24) is 9.97 Å². The first kappa shape index (κ1) is 26.5. The molecule has 11 nitrogen and oxygen atoms in total. The molecular weight excluding hydrogens is 568 g/mol. The number of sulfonamides is 1. The fourth-order valence-corrected chi connectivity index (χ4v) is 6.99. The Kier molecular flexibility index (Phi) is 5.92. The Morgan fingerprint density at radius 1 is 0.707 bits per heavy atom. The Labute approximate surface area is 232 Å². The zero-order chi connectivity index (χ0) is 29.3. The number of anilines is 2. The summed E-state index contributed by atoms with van der Waals surface area (Å²) < 4.78 is 62.0. The largest absolute Gasteiger partial charge is 0.377 e. The van der Waals surface area contributed by atoms with Crippen LogP contribution in [-0.2, 0) is 20.1 Å². The highest BCUT2D eigenvalue weighted by atomic mass is 32.2. The molecule has 13 heteroatoms. The average molecular weight is 591 g/mol. The van der Waals surface area contributed by atoms with Crippen LogP contribution in [-0.4, -0.2) is 45.5 Å². The number of rotatable bonds is 5. The van der Waals surface area contributed by atoms with Gasteiger partial charge in [0.1, 0.15) is 4.90 Å². The SMILES string of the molecule is CN(C)c1ccc2[nH]c3cc4c(=O)c5ccccc5[nH]c4cc3c(=O)c2c1S(=O)(=O)Nc1ccc(S(=O)(=O)O)cc1. The molecule has 0 aliphatic rings. The molecule has 0 saturated heterocycles. The van der Waals surface area contributed by atoms with Gasteiger partial charge in [-0.25, -0.2) is 8.42 Å². The smallest absolute Gasteiger partial charge is 0.294 e. The topological polar surface area (TPSA) is 169 Å². The van der Waals surface area contributed by atoms with Crippen molar-refractivity contribution in [3.05, 3.63) is 93.2 Å². The summed E-state index contributed by atoms with van der Waals surface area (Å²) in [5.74, 6) is 0. The fourth-order valence-electron chi connectivity index (χ4n) is 4.97. The number of pyridine rings is 2. The van der Waals surface area contributed by atoms with Gasteiger partial charge in [0, 0.05) is 41.5 Å². The number of nitrogens with one attached hydrogen (secondary N) is 3. The second kappa shape index (κ2) is 9.16. The number of aromatic amines is 2. The van der Waals surface area contributed by atoms with Crippen molar-refractivity contribution in [2.24, 2.45) is 0 Å². The lowest BCUT2D eigenvalue weighted by atomic mass is 10.0. The van der Waals surface area contributed by atoms with Gasteiger partial charge in [0.2, 0.25) is 0 Å². The highest BCUT2D eigenvalue weighted by Gasteiger charge is 2.26. The maximum atomic E-state index is 14.0. The predicted molar refractivity (Wildman–Crippen MR) is 159 cm³/mol. The van der Waals surface area contributed by atoms with Gasteiger partial charge in [0.05, 0.1) is 32.5 Å². The minimum Gasteiger partial charge on any atom is -0.377 e. The summed E-state index contributed by atoms with van der Waals surface area (Å²) >= 11 is 0. The van der Waals surface area contributed by atoms with Gasteiger partial charge in [-0.2, -0.15) is 8.42 Å². The van der Waals surface area contributed by atoms with E-state index in [1.54, 1.807) is 61.5 Å². The molecule has 6 rings (SSSR count). The van der Waals surface area contributed by atoms with E-state index in [2.05, 4.69) is 14.7 Å². The quantitative estimate of drug-likeness (QED) is 0.174. The molecule has 0 radical (unpaired) electrons. The van der Waals surface area contributed by atoms with Crippen molar-refractivity contribution in [1.29, 1.82) is 0 Å². The molecule has 208 valence electrons. The van der Waals surface area contributed by atoms with E-state index in [-0.39, 0.29) is 38.0 Å². The molecule has 4 aromatic carbocycles. The van der Waals surface area contributed by atoms with Crippen LogP contribution < -0.4 is 20.5 Å². The van der Waals surface area contributed by atoms with Crippen molar-refractivity contribution < 1.29 is 21.4 Å². The van der Waals surface area contributed by atoms with E-state index < -0.39 is 30.5 Å². The Morgan fingerprint density at radius 2 is 1.32 bits per heavy atom. The van der Waals surface area contributed by atoms with Crippen LogP contribution >= 0.6 is 0 Å². The molecule has 6 aromatic rings. The molecule has 2 heterocycles. The predicted octanol–water partition coefficient (Wildman–Crippen LogP) is 3.79. The third-order valence-corrected chi connectivity index (χ3v) is 9.20. The minimum atomic E-state index is -4.47. The lowest BCUT2D eigenvalue weighted by Crippen LogP contribution is -2.22. The third-order valence-electron chi connectivity index (χ3n) is 6.88. The first-order valence-electron chi connectivity index (χ1n) is 12.2. The minimum absolute atomic E-state index is 0.0202. The number of benzene rings is 4. The van der Waals surface area contributed by atoms with Gasteiger partial charge in [-0.3, -0.25) is 18.9 Å². The summed E-state index contributed by atoms with van der Waals surface area (Å²) in [6.07, 6.45) is 0. The summed E-state index contributed by atoms with van der Waals surface area (Å²) in [6.45, 7) is 0. The van der Waals surface area contributed by atoms with Crippen LogP contribution in [0.15, 0.2) is 92.2 Å². The molecule has 0 amide bonds. The number of hydrogen-bond donors (Lipinski definition) is 4. The highest BCUT2D eigenvalue weighted by Crippen LogP contribution is 2.33. The van der Waals surface area contributed by atoms with Gasteiger partial charge in [-0.15, -0.1) is 0 Å². The number of para-hydroxylation sites is 1. The van der Waals surface area contributed by atoms with Gasteiger partial charge in [0.25, 0.3) is 20.1 Å². The molecule has 0 saturated carbocycles. The number of hydrogen-bond acceptors (Lipinski definition) is 7. The zero-order valence-corrected chi connectivity index (χ0v) is 23.2. The van der Waals surface area contributed by atoms with Crippen LogP contribution in [0.25, 0.3) is 43.6 Å². The van der Waals surface area contributed by atoms with Crippen LogP contribution in [0.4, 0.5) is 11.4 Å². The number of H-pyrrole nitrogens is 2. The molecule has 41 heavy (non-hydrogen) atoms. The number of fused-ring (bicyclic) bond motifs is 4. The van der Waals surface area contributed by atoms with Gasteiger partial charge in [-0.05, 0) is 60.7 Å². The maximum Gasteiger partial charge on any atom is 0.294 e. The average Bonchev–Trinajstić information content (AvgIpc) is 2.92. The van der Waals surface area contributed by atoms with Crippen LogP contribution in [0.3, 0.4) is 0 Å². The van der Waals surface area contributed by atoms with Crippen molar-refractivity contribution in [3.8, 4) is 0 Å². The second-order valence-electron chi connectivity index (χ2n) is 9.73. The zero-order valence-electron chi connectivity index (χ0n) is 21.6. The van der Waals surface area contributed by atoms with Crippen LogP contribution in [0.1, 0.15) is 0 Å². The number of aromatic nitrogens is 2. The van der Waals surface area contributed by atoms with Gasteiger partial charge in [0.15, 0.2) is 10.9 Å². The van der Waals surface area contributed by atoms with Crippen molar-refractivity contribution in [3.63, 3.8) is 0 Å². The molecular formula is C28H22N4O7S2. The van der Waals surface area contributed by atoms with E-state index in [1.807, 2.05) is 0 Å². The van der Waals surface area contributed by atoms with Gasteiger partial charge >= 0.3 is 0 Å². The van der Waals surface area contributed by atoms with Crippen molar-refractivity contribution >= 4 is 75.1 Å². The Balaban J connectivity index is 1.62. The molecule has 2 aromatic heterocycles. The fraction of sp³-hybridized carbons (Fsp3) is 0.0714. The summed E-state index contributed by atoms with van der Waals surface area (Å²) in [6, 6.07) is 17.8. The highest BCUT2D eigenvalue weighted by molar-refractivity contribution is 7.93. The molecule has 0 aliphatic heterocycles. The number of nitrogens with zero attached hydrogens (tertiary/aromatic N) is 1. The molecule has 0 spiro atoms. The normalized spacial score (nSPS) is 12.4. The molecule has 4 N–H and O–H groups in total. The first-order valence-corrected chi connectivity index (χ1v) is 15.1. The van der Waals surface area contributed by atoms with E-state index in [1.165, 1.54) is 18.2 Å². The molecule has 0 atom stereocenters. The monoisotopic (exact) mass is 590 g/mol. The van der Waals surface area contributed by atoms with E-state index in [0.717, 1.165) is 12.1 Å². The van der Waals surface area contributed by atoms with Crippen LogP contribution in [0.5, 0.6) is 0 Å². The summed E-state index contributed by atoms with van der Waals surface area (Å²) in [5.41, 5.74) is 1.14. The van der Waals surface area contributed by atoms with E-state index >= 15 is 0 Å². The third kappa shape index (κ3) is 4.40. The standard InChI is InChI=1S/C28H22N4O7S2/c1-32(2)24-12-11-21-25(28(24)40(35,36)31-15-7-9-16(10-8-15)41(37,38)39)27(34)19-14-22-18(13-23(19)30-21)26(33)17-5-3-4-6-20(17)29-22/h3-14,31H,1-2H3,(H,29,33)(H,30,34)(H,37,38,39). The summed E-state index contributed by atoms with van der Waals surface area (Å²) in [7, 11) is -5.61. The van der Waals surface area contributed by atoms with Crippen LogP contribution in [0, 0.1) is 0 Å². The van der Waals surface area contributed by atoms with Gasteiger partial charge < -0.3 is 14.9 Å². The lowest BCUT2D eigenvalue weighted by Gasteiger charge is -2.20. The molecule has 0 aliphatic carbocycles. The molecule has 0 unspecified atom stereocenters. The van der Waals surface area contributed by atoms with Crippen LogP contribution in [0.2, 0.25) is 0 Å². The first-order chi connectivity index (χ1) is 19.3. The molecule has 0 bridgehead atoms. The summed E-state index contributed by atoms with van der Waals surface area (Å²) in [5, 5.41) is 0.968. The Morgan fingerprint density at radius 3 is 1.95 bits per heavy atom. The van der Waals surface area contributed by atoms with E-state index in [4.69, 9.17) is 0 Å². The maximum absolute atomic E-state index is 14.0. The molecule has 0 fully saturated rings. The Hall–Kier alpha value is -4.72. The van der Waals surface area contributed by atoms with Gasteiger partial charge in [-0.1, -0.05) is 12.1 Å². The van der Waals surface area contributed by atoms with E-state index in [0.29, 0.717) is 27.3 Å². The second-order valence-corrected chi connectivity index (χ2v) is 12.8. The lowest BCUT2D eigenvalue weighted by molar-refractivity contribution is 0.483. The van der Waals surface area contributed by atoms with E-state index in [9.17, 15) is 31.0 Å². The Bertz CT molecular complexity index is 2400. The summed E-state index contributed by atoms with van der Waals surface area (Å²) in [4.78, 5) is 34.4. The van der Waals surface area contributed by atoms with Crippen molar-refractivity contribution in [2.75, 3.05) is 23.7 Å². The van der Waals surface area contributed by atoms with Crippen molar-refractivity contribution in [2.45, 2.75) is 9.79 Å².